The van der Waals surface area contributed by atoms with Crippen molar-refractivity contribution in [2.45, 2.75) is 19.4 Å². The molecule has 1 aromatic rings. The maximum absolute atomic E-state index is 6.15. The molecule has 1 aromatic heterocycles. The van der Waals surface area contributed by atoms with Crippen molar-refractivity contribution >= 4 is 46.9 Å². The quantitative estimate of drug-likeness (QED) is 0.901. The van der Waals surface area contributed by atoms with E-state index in [0.29, 0.717) is 4.34 Å². The number of halogens is 3. The summed E-state index contributed by atoms with van der Waals surface area (Å²) in [4.78, 5) is 2.47. The number of hydrogen-bond acceptors (Lipinski definition) is 3. The molecule has 18 heavy (non-hydrogen) atoms. The van der Waals surface area contributed by atoms with Crippen LogP contribution in [0.3, 0.4) is 0 Å². The van der Waals surface area contributed by atoms with Gasteiger partial charge >= 0.3 is 0 Å². The van der Waals surface area contributed by atoms with Crippen molar-refractivity contribution in [2.24, 2.45) is 5.92 Å². The molecule has 0 bridgehead atoms. The summed E-state index contributed by atoms with van der Waals surface area (Å²) < 4.78 is 0.715. The molecular formula is C12H19Cl3N2S. The van der Waals surface area contributed by atoms with Crippen LogP contribution in [0.4, 0.5) is 0 Å². The Bertz CT molecular complexity index is 362. The van der Waals surface area contributed by atoms with Crippen LogP contribution in [0.1, 0.15) is 18.4 Å². The fourth-order valence-corrected chi connectivity index (χ4v) is 3.58. The highest BCUT2D eigenvalue weighted by atomic mass is 35.5. The zero-order valence-electron chi connectivity index (χ0n) is 10.4. The number of nitrogens with one attached hydrogen (secondary N) is 1. The Hall–Kier alpha value is 0.490. The average Bonchev–Trinajstić information content (AvgIpc) is 2.64. The van der Waals surface area contributed by atoms with Gasteiger partial charge in [0, 0.05) is 6.54 Å². The maximum atomic E-state index is 6.15. The highest BCUT2D eigenvalue weighted by molar-refractivity contribution is 7.15. The third-order valence-corrected chi connectivity index (χ3v) is 5.26. The molecule has 0 saturated carbocycles. The maximum Gasteiger partial charge on any atom is 0.112 e. The monoisotopic (exact) mass is 328 g/mol. The van der Waals surface area contributed by atoms with Crippen LogP contribution in [-0.2, 0) is 6.54 Å². The van der Waals surface area contributed by atoms with Crippen molar-refractivity contribution in [3.05, 3.63) is 20.3 Å². The van der Waals surface area contributed by atoms with Gasteiger partial charge in [0.25, 0.3) is 0 Å². The molecule has 104 valence electrons. The fourth-order valence-electron chi connectivity index (χ4n) is 2.34. The van der Waals surface area contributed by atoms with Gasteiger partial charge in [0.15, 0.2) is 0 Å². The third-order valence-electron chi connectivity index (χ3n) is 3.35. The zero-order chi connectivity index (χ0) is 12.3. The lowest BCUT2D eigenvalue weighted by molar-refractivity contribution is 0.177. The summed E-state index contributed by atoms with van der Waals surface area (Å²) >= 11 is 13.6. The van der Waals surface area contributed by atoms with Gasteiger partial charge in [-0.05, 0) is 56.4 Å². The molecule has 2 heterocycles. The lowest BCUT2D eigenvalue weighted by atomic mass is 9.96. The van der Waals surface area contributed by atoms with Crippen LogP contribution < -0.4 is 5.32 Å². The van der Waals surface area contributed by atoms with Gasteiger partial charge in [-0.1, -0.05) is 23.2 Å². The smallest absolute Gasteiger partial charge is 0.112 e. The van der Waals surface area contributed by atoms with E-state index in [-0.39, 0.29) is 12.4 Å². The Morgan fingerprint density at radius 3 is 2.56 bits per heavy atom. The molecule has 1 aliphatic rings. The van der Waals surface area contributed by atoms with Gasteiger partial charge in [-0.3, -0.25) is 4.90 Å². The predicted octanol–water partition coefficient (Wildman–Crippen LogP) is 3.91. The first-order chi connectivity index (χ1) is 8.20. The Balaban J connectivity index is 0.00000162. The van der Waals surface area contributed by atoms with Crippen LogP contribution in [0.15, 0.2) is 5.38 Å². The first-order valence-corrected chi connectivity index (χ1v) is 7.62. The first kappa shape index (κ1) is 16.5. The van der Waals surface area contributed by atoms with Crippen molar-refractivity contribution in [3.8, 4) is 0 Å². The van der Waals surface area contributed by atoms with Gasteiger partial charge in [0.2, 0.25) is 0 Å². The van der Waals surface area contributed by atoms with Crippen LogP contribution in [-0.4, -0.2) is 31.6 Å². The minimum Gasteiger partial charge on any atom is -0.319 e. The lowest BCUT2D eigenvalue weighted by Crippen LogP contribution is -2.36. The summed E-state index contributed by atoms with van der Waals surface area (Å²) in [7, 11) is 2.03. The summed E-state index contributed by atoms with van der Waals surface area (Å²) in [6, 6.07) is 0. The molecular weight excluding hydrogens is 311 g/mol. The molecule has 1 aliphatic heterocycles. The first-order valence-electron chi connectivity index (χ1n) is 5.99. The number of nitrogens with zero attached hydrogens (tertiary/aromatic N) is 1. The Labute approximate surface area is 129 Å². The molecule has 1 N–H and O–H groups in total. The summed E-state index contributed by atoms with van der Waals surface area (Å²) in [6.07, 6.45) is 2.55. The van der Waals surface area contributed by atoms with Gasteiger partial charge < -0.3 is 5.32 Å². The van der Waals surface area contributed by atoms with Crippen LogP contribution in [0.2, 0.25) is 9.36 Å². The lowest BCUT2D eigenvalue weighted by Gasteiger charge is -2.31. The highest BCUT2D eigenvalue weighted by Crippen LogP contribution is 2.33. The van der Waals surface area contributed by atoms with E-state index in [1.807, 2.05) is 7.05 Å². The number of thiophene rings is 1. The van der Waals surface area contributed by atoms with Crippen molar-refractivity contribution in [1.29, 1.82) is 0 Å². The van der Waals surface area contributed by atoms with Crippen molar-refractivity contribution < 1.29 is 0 Å². The largest absolute Gasteiger partial charge is 0.319 e. The second kappa shape index (κ2) is 7.93. The summed E-state index contributed by atoms with van der Waals surface area (Å²) in [6.45, 7) is 4.40. The molecule has 1 fully saturated rings. The highest BCUT2D eigenvalue weighted by Gasteiger charge is 2.20. The Morgan fingerprint density at radius 2 is 2.06 bits per heavy atom. The SMILES string of the molecule is CNCC1CCN(Cc2csc(Cl)c2Cl)CC1.Cl. The van der Waals surface area contributed by atoms with E-state index >= 15 is 0 Å². The molecule has 0 atom stereocenters. The Kier molecular flexibility index (Phi) is 7.29. The van der Waals surface area contributed by atoms with E-state index < -0.39 is 0 Å². The average molecular weight is 330 g/mol. The third kappa shape index (κ3) is 4.26. The number of hydrogen-bond donors (Lipinski definition) is 1. The van der Waals surface area contributed by atoms with E-state index in [0.717, 1.165) is 37.1 Å². The van der Waals surface area contributed by atoms with Crippen LogP contribution in [0.25, 0.3) is 0 Å². The van der Waals surface area contributed by atoms with E-state index in [1.54, 1.807) is 0 Å². The minimum atomic E-state index is 0. The summed E-state index contributed by atoms with van der Waals surface area (Å²) in [5.41, 5.74) is 1.17. The number of likely N-dealkylation sites (tertiary alicyclic amines) is 1. The predicted molar refractivity (Wildman–Crippen MR) is 83.5 cm³/mol. The minimum absolute atomic E-state index is 0. The van der Waals surface area contributed by atoms with E-state index in [1.165, 1.54) is 29.7 Å². The van der Waals surface area contributed by atoms with Gasteiger partial charge in [0.05, 0.1) is 5.02 Å². The van der Waals surface area contributed by atoms with Gasteiger partial charge in [-0.15, -0.1) is 23.7 Å². The summed E-state index contributed by atoms with van der Waals surface area (Å²) in [5.74, 6) is 0.831. The second-order valence-electron chi connectivity index (χ2n) is 4.63. The number of piperidine rings is 1. The molecule has 0 unspecified atom stereocenters. The van der Waals surface area contributed by atoms with E-state index in [9.17, 15) is 0 Å². The topological polar surface area (TPSA) is 15.3 Å². The van der Waals surface area contributed by atoms with Crippen LogP contribution >= 0.6 is 46.9 Å². The van der Waals surface area contributed by atoms with Gasteiger partial charge in [-0.25, -0.2) is 0 Å². The summed E-state index contributed by atoms with van der Waals surface area (Å²) in [5, 5.41) is 6.08. The second-order valence-corrected chi connectivity index (χ2v) is 6.49. The van der Waals surface area contributed by atoms with Crippen LogP contribution in [0, 0.1) is 5.92 Å². The standard InChI is InChI=1S/C12H18Cl2N2S.ClH/c1-15-6-9-2-4-16(5-3-9)7-10-8-17-12(14)11(10)13;/h8-9,15H,2-7H2,1H3;1H. The molecule has 0 aromatic carbocycles. The molecule has 0 spiro atoms. The van der Waals surface area contributed by atoms with E-state index in [2.05, 4.69) is 15.6 Å². The van der Waals surface area contributed by atoms with Crippen molar-refractivity contribution in [2.75, 3.05) is 26.7 Å². The number of rotatable bonds is 4. The molecule has 2 nitrogen and oxygen atoms in total. The molecule has 0 aliphatic carbocycles. The van der Waals surface area contributed by atoms with E-state index in [4.69, 9.17) is 23.2 Å². The molecule has 2 rings (SSSR count). The van der Waals surface area contributed by atoms with Crippen LogP contribution in [0.5, 0.6) is 0 Å². The Morgan fingerprint density at radius 1 is 1.39 bits per heavy atom. The fraction of sp³-hybridized carbons (Fsp3) is 0.667. The zero-order valence-corrected chi connectivity index (χ0v) is 13.6. The van der Waals surface area contributed by atoms with Gasteiger partial charge in [-0.2, -0.15) is 0 Å². The van der Waals surface area contributed by atoms with Gasteiger partial charge in [0.1, 0.15) is 4.34 Å². The van der Waals surface area contributed by atoms with Crippen molar-refractivity contribution in [3.63, 3.8) is 0 Å². The normalized spacial score (nSPS) is 17.7. The molecule has 0 amide bonds. The molecule has 6 heteroatoms. The molecule has 1 saturated heterocycles. The molecule has 0 radical (unpaired) electrons. The van der Waals surface area contributed by atoms with Crippen molar-refractivity contribution in [1.82, 2.24) is 10.2 Å².